The number of nitrogens with zero attached hydrogens (tertiary/aromatic N) is 1. The maximum absolute atomic E-state index is 12.7. The summed E-state index contributed by atoms with van der Waals surface area (Å²) in [4.78, 5) is 13.2. The molecule has 1 amide bonds. The Hall–Kier alpha value is -0.960. The molecule has 124 valence electrons. The monoisotopic (exact) mass is 345 g/mol. The molecule has 1 fully saturated rings. The number of carbonyl (C=O) groups is 1. The molecule has 1 saturated heterocycles. The molecular formula is C14H23N3O3S2. The van der Waals surface area contributed by atoms with Crippen LogP contribution in [0.1, 0.15) is 24.6 Å². The van der Waals surface area contributed by atoms with Crippen molar-refractivity contribution < 1.29 is 13.2 Å². The maximum Gasteiger partial charge on any atom is 0.253 e. The van der Waals surface area contributed by atoms with E-state index in [0.717, 1.165) is 4.88 Å². The van der Waals surface area contributed by atoms with E-state index < -0.39 is 16.1 Å². The van der Waals surface area contributed by atoms with Gasteiger partial charge in [-0.15, -0.1) is 11.3 Å². The van der Waals surface area contributed by atoms with E-state index in [1.54, 1.807) is 12.1 Å². The Morgan fingerprint density at radius 2 is 2.27 bits per heavy atom. The molecule has 6 nitrogen and oxygen atoms in total. The van der Waals surface area contributed by atoms with Gasteiger partial charge in [0.05, 0.1) is 0 Å². The number of nitrogens with one attached hydrogen (secondary N) is 1. The molecule has 3 N–H and O–H groups in total. The predicted molar refractivity (Wildman–Crippen MR) is 87.2 cm³/mol. The highest BCUT2D eigenvalue weighted by molar-refractivity contribution is 7.91. The normalized spacial score (nSPS) is 21.0. The molecule has 0 spiro atoms. The van der Waals surface area contributed by atoms with Crippen molar-refractivity contribution in [3.05, 3.63) is 17.0 Å². The first-order chi connectivity index (χ1) is 10.4. The van der Waals surface area contributed by atoms with Gasteiger partial charge in [0.25, 0.3) is 10.0 Å². The summed E-state index contributed by atoms with van der Waals surface area (Å²) in [6.45, 7) is 5.16. The molecule has 2 unspecified atom stereocenters. The van der Waals surface area contributed by atoms with Crippen molar-refractivity contribution in [2.24, 2.45) is 11.7 Å². The third-order valence-corrected chi connectivity index (χ3v) is 7.19. The third kappa shape index (κ3) is 3.68. The third-order valence-electron chi connectivity index (χ3n) is 3.81. The molecule has 0 saturated carbocycles. The Labute approximate surface area is 135 Å². The van der Waals surface area contributed by atoms with Gasteiger partial charge in [0.1, 0.15) is 10.3 Å². The van der Waals surface area contributed by atoms with Crippen LogP contribution in [-0.4, -0.2) is 44.3 Å². The standard InChI is InChI=1S/C14H23N3O3S2/c1-10(8-15)9-16-14(18)12-4-3-7-17(12)22(19,20)13-6-5-11(2)21-13/h5-6,10,12H,3-4,7-9,15H2,1-2H3,(H,16,18). The molecule has 2 heterocycles. The quantitative estimate of drug-likeness (QED) is 0.802. The van der Waals surface area contributed by atoms with Crippen LogP contribution in [0.3, 0.4) is 0 Å². The van der Waals surface area contributed by atoms with Crippen molar-refractivity contribution in [1.82, 2.24) is 9.62 Å². The van der Waals surface area contributed by atoms with Gasteiger partial charge in [0, 0.05) is 18.0 Å². The zero-order valence-corrected chi connectivity index (χ0v) is 14.5. The second-order valence-corrected chi connectivity index (χ2v) is 9.13. The highest BCUT2D eigenvalue weighted by atomic mass is 32.2. The number of hydrogen-bond donors (Lipinski definition) is 2. The Kier molecular flexibility index (Phi) is 5.60. The van der Waals surface area contributed by atoms with E-state index in [1.165, 1.54) is 15.6 Å². The zero-order chi connectivity index (χ0) is 16.3. The fraction of sp³-hybridized carbons (Fsp3) is 0.643. The lowest BCUT2D eigenvalue weighted by Gasteiger charge is -2.23. The summed E-state index contributed by atoms with van der Waals surface area (Å²) >= 11 is 1.24. The smallest absolute Gasteiger partial charge is 0.253 e. The number of hydrogen-bond acceptors (Lipinski definition) is 5. The van der Waals surface area contributed by atoms with Crippen LogP contribution in [0.25, 0.3) is 0 Å². The van der Waals surface area contributed by atoms with Crippen LogP contribution in [0.2, 0.25) is 0 Å². The van der Waals surface area contributed by atoms with Crippen LogP contribution in [0.15, 0.2) is 16.3 Å². The molecule has 2 rings (SSSR count). The number of sulfonamides is 1. The molecule has 1 aromatic heterocycles. The molecule has 0 aromatic carbocycles. The first-order valence-electron chi connectivity index (χ1n) is 7.42. The molecule has 1 aliphatic heterocycles. The molecule has 1 aliphatic rings. The van der Waals surface area contributed by atoms with Gasteiger partial charge < -0.3 is 11.1 Å². The Morgan fingerprint density at radius 1 is 1.55 bits per heavy atom. The number of carbonyl (C=O) groups excluding carboxylic acids is 1. The van der Waals surface area contributed by atoms with Crippen LogP contribution < -0.4 is 11.1 Å². The second kappa shape index (κ2) is 7.08. The minimum Gasteiger partial charge on any atom is -0.354 e. The van der Waals surface area contributed by atoms with Crippen molar-refractivity contribution in [1.29, 1.82) is 0 Å². The predicted octanol–water partition coefficient (Wildman–Crippen LogP) is 0.921. The van der Waals surface area contributed by atoms with Gasteiger partial charge in [-0.2, -0.15) is 4.31 Å². The highest BCUT2D eigenvalue weighted by Crippen LogP contribution is 2.30. The number of rotatable bonds is 6. The van der Waals surface area contributed by atoms with Crippen molar-refractivity contribution in [3.63, 3.8) is 0 Å². The summed E-state index contributed by atoms with van der Waals surface area (Å²) in [5.74, 6) is -0.0509. The van der Waals surface area contributed by atoms with Crippen LogP contribution in [0.4, 0.5) is 0 Å². The van der Waals surface area contributed by atoms with E-state index in [9.17, 15) is 13.2 Å². The SMILES string of the molecule is Cc1ccc(S(=O)(=O)N2CCCC2C(=O)NCC(C)CN)s1. The maximum atomic E-state index is 12.7. The first kappa shape index (κ1) is 17.4. The van der Waals surface area contributed by atoms with Crippen LogP contribution >= 0.6 is 11.3 Å². The van der Waals surface area contributed by atoms with Gasteiger partial charge >= 0.3 is 0 Å². The molecular weight excluding hydrogens is 322 g/mol. The molecule has 1 aromatic rings. The molecule has 8 heteroatoms. The van der Waals surface area contributed by atoms with Crippen molar-refractivity contribution >= 4 is 27.3 Å². The summed E-state index contributed by atoms with van der Waals surface area (Å²) in [5, 5.41) is 2.81. The molecule has 22 heavy (non-hydrogen) atoms. The lowest BCUT2D eigenvalue weighted by atomic mass is 10.1. The largest absolute Gasteiger partial charge is 0.354 e. The summed E-state index contributed by atoms with van der Waals surface area (Å²) in [6, 6.07) is 2.78. The molecule has 2 atom stereocenters. The van der Waals surface area contributed by atoms with Crippen LogP contribution in [0.5, 0.6) is 0 Å². The van der Waals surface area contributed by atoms with Gasteiger partial charge in [-0.25, -0.2) is 8.42 Å². The number of nitrogens with two attached hydrogens (primary N) is 1. The minimum atomic E-state index is -3.59. The van der Waals surface area contributed by atoms with E-state index in [0.29, 0.717) is 36.7 Å². The average molecular weight is 345 g/mol. The van der Waals surface area contributed by atoms with Crippen LogP contribution in [-0.2, 0) is 14.8 Å². The zero-order valence-electron chi connectivity index (χ0n) is 12.9. The van der Waals surface area contributed by atoms with Gasteiger partial charge in [-0.05, 0) is 44.4 Å². The van der Waals surface area contributed by atoms with Gasteiger partial charge in [-0.3, -0.25) is 4.79 Å². The van der Waals surface area contributed by atoms with E-state index in [-0.39, 0.29) is 11.8 Å². The minimum absolute atomic E-state index is 0.176. The Morgan fingerprint density at radius 3 is 2.86 bits per heavy atom. The number of thiophene rings is 1. The summed E-state index contributed by atoms with van der Waals surface area (Å²) < 4.78 is 27.0. The summed E-state index contributed by atoms with van der Waals surface area (Å²) in [7, 11) is -3.59. The fourth-order valence-electron chi connectivity index (χ4n) is 2.43. The number of amides is 1. The van der Waals surface area contributed by atoms with Crippen molar-refractivity contribution in [2.45, 2.75) is 36.9 Å². The molecule has 0 radical (unpaired) electrons. The Bertz CT molecular complexity index is 627. The molecule has 0 bridgehead atoms. The Balaban J connectivity index is 2.11. The van der Waals surface area contributed by atoms with E-state index in [2.05, 4.69) is 5.32 Å². The van der Waals surface area contributed by atoms with Gasteiger partial charge in [0.15, 0.2) is 0 Å². The van der Waals surface area contributed by atoms with Gasteiger partial charge in [-0.1, -0.05) is 6.92 Å². The highest BCUT2D eigenvalue weighted by Gasteiger charge is 2.39. The van der Waals surface area contributed by atoms with E-state index >= 15 is 0 Å². The van der Waals surface area contributed by atoms with Crippen molar-refractivity contribution in [3.8, 4) is 0 Å². The van der Waals surface area contributed by atoms with Crippen LogP contribution in [0, 0.1) is 12.8 Å². The van der Waals surface area contributed by atoms with E-state index in [1.807, 2.05) is 13.8 Å². The molecule has 0 aliphatic carbocycles. The van der Waals surface area contributed by atoms with Gasteiger partial charge in [0.2, 0.25) is 5.91 Å². The topological polar surface area (TPSA) is 92.5 Å². The van der Waals surface area contributed by atoms with E-state index in [4.69, 9.17) is 5.73 Å². The average Bonchev–Trinajstić information content (AvgIpc) is 3.13. The lowest BCUT2D eigenvalue weighted by Crippen LogP contribution is -2.47. The number of aryl methyl sites for hydroxylation is 1. The fourth-order valence-corrected chi connectivity index (χ4v) is 5.50. The van der Waals surface area contributed by atoms with Crippen molar-refractivity contribution in [2.75, 3.05) is 19.6 Å². The lowest BCUT2D eigenvalue weighted by molar-refractivity contribution is -0.124. The summed E-state index contributed by atoms with van der Waals surface area (Å²) in [6.07, 6.45) is 1.26. The summed E-state index contributed by atoms with van der Waals surface area (Å²) in [5.41, 5.74) is 5.53. The second-order valence-electron chi connectivity index (χ2n) is 5.72. The first-order valence-corrected chi connectivity index (χ1v) is 9.68.